The molecule has 1 aromatic heterocycles. The topological polar surface area (TPSA) is 37.8 Å². The van der Waals surface area contributed by atoms with Crippen LogP contribution in [0.2, 0.25) is 0 Å². The normalized spacial score (nSPS) is 11.4. The minimum atomic E-state index is 0.113. The lowest BCUT2D eigenvalue weighted by Crippen LogP contribution is -2.13. The Kier molecular flexibility index (Phi) is 3.75. The second-order valence-corrected chi connectivity index (χ2v) is 4.64. The van der Waals surface area contributed by atoms with Gasteiger partial charge in [0.05, 0.1) is 0 Å². The Morgan fingerprint density at radius 3 is 2.29 bits per heavy atom. The van der Waals surface area contributed by atoms with Gasteiger partial charge in [-0.25, -0.2) is 9.97 Å². The van der Waals surface area contributed by atoms with Crippen molar-refractivity contribution in [3.8, 4) is 0 Å². The third-order valence-corrected chi connectivity index (χ3v) is 2.14. The van der Waals surface area contributed by atoms with Crippen molar-refractivity contribution in [3.05, 3.63) is 18.0 Å². The second kappa shape index (κ2) is 4.64. The molecule has 78 valence electrons. The van der Waals surface area contributed by atoms with Crippen LogP contribution in [0.5, 0.6) is 0 Å². The molecule has 0 fully saturated rings. The highest BCUT2D eigenvalue weighted by molar-refractivity contribution is 7.80. The molecule has 1 rings (SSSR count). The molecule has 14 heavy (non-hydrogen) atoms. The summed E-state index contributed by atoms with van der Waals surface area (Å²) in [5, 5.41) is 3.07. The molecule has 0 saturated carbocycles. The fourth-order valence-corrected chi connectivity index (χ4v) is 1.09. The fraction of sp³-hybridized carbons (Fsp3) is 0.600. The second-order valence-electron chi connectivity index (χ2n) is 4.20. The van der Waals surface area contributed by atoms with Gasteiger partial charge in [-0.2, -0.15) is 12.6 Å². The summed E-state index contributed by atoms with van der Waals surface area (Å²) in [6.07, 6.45) is 3.74. The van der Waals surface area contributed by atoms with Gasteiger partial charge in [0, 0.05) is 24.7 Å². The van der Waals surface area contributed by atoms with Gasteiger partial charge < -0.3 is 5.32 Å². The van der Waals surface area contributed by atoms with Crippen molar-refractivity contribution in [3.63, 3.8) is 0 Å². The zero-order chi connectivity index (χ0) is 10.6. The van der Waals surface area contributed by atoms with Crippen LogP contribution in [-0.2, 0) is 5.41 Å². The Morgan fingerprint density at radius 1 is 1.29 bits per heavy atom. The quantitative estimate of drug-likeness (QED) is 0.752. The summed E-state index contributed by atoms with van der Waals surface area (Å²) in [7, 11) is 0. The predicted molar refractivity (Wildman–Crippen MR) is 63.1 cm³/mol. The molecular formula is C10H17N3S. The summed E-state index contributed by atoms with van der Waals surface area (Å²) in [6.45, 7) is 7.23. The highest BCUT2D eigenvalue weighted by Gasteiger charge is 2.14. The Balaban J connectivity index is 2.69. The number of thiol groups is 1. The predicted octanol–water partition coefficient (Wildman–Crippen LogP) is 2.12. The van der Waals surface area contributed by atoms with Gasteiger partial charge in [0.15, 0.2) is 0 Å². The maximum atomic E-state index is 4.23. The van der Waals surface area contributed by atoms with Crippen molar-refractivity contribution in [2.45, 2.75) is 26.2 Å². The Morgan fingerprint density at radius 2 is 1.86 bits per heavy atom. The smallest absolute Gasteiger partial charge is 0.222 e. The van der Waals surface area contributed by atoms with Crippen LogP contribution >= 0.6 is 12.6 Å². The number of nitrogens with one attached hydrogen (secondary N) is 1. The molecule has 0 bridgehead atoms. The van der Waals surface area contributed by atoms with Gasteiger partial charge in [0.1, 0.15) is 0 Å². The Hall–Kier alpha value is -0.770. The molecule has 0 amide bonds. The Labute approximate surface area is 90.8 Å². The van der Waals surface area contributed by atoms with Crippen LogP contribution in [0.1, 0.15) is 26.3 Å². The van der Waals surface area contributed by atoms with E-state index >= 15 is 0 Å². The van der Waals surface area contributed by atoms with Crippen LogP contribution in [0, 0.1) is 0 Å². The minimum Gasteiger partial charge on any atom is -0.353 e. The number of nitrogens with zero attached hydrogens (tertiary/aromatic N) is 2. The van der Waals surface area contributed by atoms with Gasteiger partial charge in [-0.15, -0.1) is 0 Å². The average Bonchev–Trinajstić information content (AvgIpc) is 2.14. The van der Waals surface area contributed by atoms with E-state index in [1.165, 1.54) is 0 Å². The summed E-state index contributed by atoms with van der Waals surface area (Å²) in [4.78, 5) is 8.45. The van der Waals surface area contributed by atoms with Crippen LogP contribution in [0.4, 0.5) is 5.95 Å². The van der Waals surface area contributed by atoms with Crippen molar-refractivity contribution >= 4 is 18.6 Å². The first-order chi connectivity index (χ1) is 6.54. The fourth-order valence-electron chi connectivity index (χ4n) is 0.974. The molecule has 0 saturated heterocycles. The molecule has 0 aromatic carbocycles. The van der Waals surface area contributed by atoms with Crippen molar-refractivity contribution in [1.82, 2.24) is 9.97 Å². The molecule has 3 nitrogen and oxygen atoms in total. The molecule has 0 unspecified atom stereocenters. The SMILES string of the molecule is CC(C)(C)c1cnc(NCCS)nc1. The lowest BCUT2D eigenvalue weighted by molar-refractivity contribution is 0.584. The van der Waals surface area contributed by atoms with E-state index in [1.54, 1.807) is 0 Å². The van der Waals surface area contributed by atoms with E-state index in [-0.39, 0.29) is 5.41 Å². The van der Waals surface area contributed by atoms with Gasteiger partial charge in [-0.05, 0) is 11.0 Å². The first-order valence-electron chi connectivity index (χ1n) is 4.71. The van der Waals surface area contributed by atoms with E-state index in [2.05, 4.69) is 48.7 Å². The summed E-state index contributed by atoms with van der Waals surface area (Å²) in [5.41, 5.74) is 1.26. The molecule has 4 heteroatoms. The van der Waals surface area contributed by atoms with Crippen LogP contribution in [0.25, 0.3) is 0 Å². The van der Waals surface area contributed by atoms with Crippen LogP contribution in [0.15, 0.2) is 12.4 Å². The van der Waals surface area contributed by atoms with E-state index in [0.29, 0.717) is 5.95 Å². The van der Waals surface area contributed by atoms with Crippen molar-refractivity contribution in [2.75, 3.05) is 17.6 Å². The van der Waals surface area contributed by atoms with Crippen LogP contribution in [-0.4, -0.2) is 22.3 Å². The van der Waals surface area contributed by atoms with Crippen molar-refractivity contribution < 1.29 is 0 Å². The highest BCUT2D eigenvalue weighted by Crippen LogP contribution is 2.20. The summed E-state index contributed by atoms with van der Waals surface area (Å²) < 4.78 is 0. The van der Waals surface area contributed by atoms with Crippen LogP contribution in [0.3, 0.4) is 0 Å². The standard InChI is InChI=1S/C10H17N3S/c1-10(2,3)8-6-12-9(13-7-8)11-4-5-14/h6-7,14H,4-5H2,1-3H3,(H,11,12,13). The Bertz CT molecular complexity index is 276. The lowest BCUT2D eigenvalue weighted by atomic mass is 9.89. The van der Waals surface area contributed by atoms with E-state index in [1.807, 2.05) is 12.4 Å². The number of hydrogen-bond acceptors (Lipinski definition) is 4. The van der Waals surface area contributed by atoms with Gasteiger partial charge in [-0.1, -0.05) is 20.8 Å². The molecule has 1 N–H and O–H groups in total. The van der Waals surface area contributed by atoms with Crippen molar-refractivity contribution in [1.29, 1.82) is 0 Å². The third-order valence-electron chi connectivity index (χ3n) is 1.91. The number of aromatic nitrogens is 2. The molecule has 0 spiro atoms. The molecule has 1 heterocycles. The summed E-state index contributed by atoms with van der Waals surface area (Å²) >= 11 is 4.10. The van der Waals surface area contributed by atoms with Crippen LogP contribution < -0.4 is 5.32 Å². The molecule has 0 aliphatic rings. The zero-order valence-corrected chi connectivity index (χ0v) is 9.80. The third kappa shape index (κ3) is 3.18. The minimum absolute atomic E-state index is 0.113. The maximum absolute atomic E-state index is 4.23. The molecule has 0 radical (unpaired) electrons. The van der Waals surface area contributed by atoms with E-state index in [0.717, 1.165) is 17.9 Å². The lowest BCUT2D eigenvalue weighted by Gasteiger charge is -2.17. The summed E-state index contributed by atoms with van der Waals surface area (Å²) in [5.74, 6) is 1.46. The summed E-state index contributed by atoms with van der Waals surface area (Å²) in [6, 6.07) is 0. The van der Waals surface area contributed by atoms with Gasteiger partial charge in [0.25, 0.3) is 0 Å². The molecule has 0 aliphatic heterocycles. The molecule has 0 atom stereocenters. The number of anilines is 1. The number of rotatable bonds is 3. The van der Waals surface area contributed by atoms with Crippen molar-refractivity contribution in [2.24, 2.45) is 0 Å². The van der Waals surface area contributed by atoms with Gasteiger partial charge in [0.2, 0.25) is 5.95 Å². The van der Waals surface area contributed by atoms with Gasteiger partial charge >= 0.3 is 0 Å². The maximum Gasteiger partial charge on any atom is 0.222 e. The average molecular weight is 211 g/mol. The molecule has 1 aromatic rings. The zero-order valence-electron chi connectivity index (χ0n) is 8.91. The largest absolute Gasteiger partial charge is 0.353 e. The van der Waals surface area contributed by atoms with Gasteiger partial charge in [-0.3, -0.25) is 0 Å². The molecular weight excluding hydrogens is 194 g/mol. The van der Waals surface area contributed by atoms with E-state index in [9.17, 15) is 0 Å². The highest BCUT2D eigenvalue weighted by atomic mass is 32.1. The monoisotopic (exact) mass is 211 g/mol. The van der Waals surface area contributed by atoms with E-state index in [4.69, 9.17) is 0 Å². The van der Waals surface area contributed by atoms with E-state index < -0.39 is 0 Å². The number of hydrogen-bond donors (Lipinski definition) is 2. The first-order valence-corrected chi connectivity index (χ1v) is 5.34. The first kappa shape index (κ1) is 11.3. The molecule has 0 aliphatic carbocycles.